The number of rotatable bonds is 1. The van der Waals surface area contributed by atoms with Gasteiger partial charge in [-0.3, -0.25) is 4.79 Å². The molecule has 14 heavy (non-hydrogen) atoms. The van der Waals surface area contributed by atoms with E-state index in [4.69, 9.17) is 0 Å². The zero-order valence-electron chi connectivity index (χ0n) is 9.12. The number of carbonyl (C=O) groups excluding carboxylic acids is 1. The van der Waals surface area contributed by atoms with Gasteiger partial charge in [0.15, 0.2) is 0 Å². The topological polar surface area (TPSA) is 32.3 Å². The molecule has 2 aliphatic rings. The Morgan fingerprint density at radius 3 is 2.36 bits per heavy atom. The zero-order chi connectivity index (χ0) is 10.1. The first-order chi connectivity index (χ1) is 6.66. The predicted octanol–water partition coefficient (Wildman–Crippen LogP) is 0.710. The number of likely N-dealkylation sites (tertiary alicyclic amines) is 1. The Morgan fingerprint density at radius 2 is 1.86 bits per heavy atom. The molecule has 0 aliphatic carbocycles. The summed E-state index contributed by atoms with van der Waals surface area (Å²) in [7, 11) is 0. The van der Waals surface area contributed by atoms with Gasteiger partial charge in [-0.15, -0.1) is 0 Å². The number of fused-ring (bicyclic) bond motifs is 2. The highest BCUT2D eigenvalue weighted by Crippen LogP contribution is 2.25. The molecule has 0 aromatic heterocycles. The maximum atomic E-state index is 11.8. The molecule has 0 aromatic rings. The van der Waals surface area contributed by atoms with Crippen LogP contribution in [0.1, 0.15) is 20.3 Å². The lowest BCUT2D eigenvalue weighted by molar-refractivity contribution is -0.137. The van der Waals surface area contributed by atoms with Gasteiger partial charge in [-0.2, -0.15) is 0 Å². The molecule has 0 aromatic carbocycles. The minimum absolute atomic E-state index is 0.154. The minimum atomic E-state index is 0.154. The van der Waals surface area contributed by atoms with E-state index in [9.17, 15) is 4.79 Å². The highest BCUT2D eigenvalue weighted by atomic mass is 16.2. The fourth-order valence-corrected chi connectivity index (χ4v) is 2.65. The van der Waals surface area contributed by atoms with Crippen LogP contribution in [0, 0.1) is 17.8 Å². The first-order valence-electron chi connectivity index (χ1n) is 5.66. The zero-order valence-corrected chi connectivity index (χ0v) is 9.12. The first-order valence-corrected chi connectivity index (χ1v) is 5.66. The van der Waals surface area contributed by atoms with Crippen LogP contribution in [0.4, 0.5) is 0 Å². The van der Waals surface area contributed by atoms with Crippen molar-refractivity contribution in [2.45, 2.75) is 20.3 Å². The standard InChI is InChI=1S/C11H20N2O/c1-8(2)11(14)13-6-9-3-10(7-13)5-12-4-9/h8-10,12H,3-7H2,1-2H3. The van der Waals surface area contributed by atoms with E-state index in [2.05, 4.69) is 10.2 Å². The van der Waals surface area contributed by atoms with Crippen molar-refractivity contribution in [1.82, 2.24) is 10.2 Å². The number of hydrogen-bond acceptors (Lipinski definition) is 2. The summed E-state index contributed by atoms with van der Waals surface area (Å²) in [6, 6.07) is 0. The van der Waals surface area contributed by atoms with Gasteiger partial charge in [0, 0.05) is 19.0 Å². The Morgan fingerprint density at radius 1 is 1.29 bits per heavy atom. The molecule has 3 nitrogen and oxygen atoms in total. The molecule has 2 atom stereocenters. The van der Waals surface area contributed by atoms with Gasteiger partial charge in [0.1, 0.15) is 0 Å². The molecule has 0 saturated carbocycles. The molecular formula is C11H20N2O. The highest BCUT2D eigenvalue weighted by Gasteiger charge is 2.32. The second kappa shape index (κ2) is 3.89. The number of hydrogen-bond donors (Lipinski definition) is 1. The number of amides is 1. The molecule has 2 saturated heterocycles. The lowest BCUT2D eigenvalue weighted by Crippen LogP contribution is -2.53. The van der Waals surface area contributed by atoms with Gasteiger partial charge >= 0.3 is 0 Å². The Bertz CT molecular complexity index is 215. The van der Waals surface area contributed by atoms with E-state index in [1.165, 1.54) is 6.42 Å². The Labute approximate surface area is 85.8 Å². The molecule has 80 valence electrons. The average Bonchev–Trinajstić information content (AvgIpc) is 2.15. The van der Waals surface area contributed by atoms with Crippen LogP contribution in [0.25, 0.3) is 0 Å². The average molecular weight is 196 g/mol. The van der Waals surface area contributed by atoms with Gasteiger partial charge in [0.05, 0.1) is 0 Å². The Kier molecular flexibility index (Phi) is 2.77. The van der Waals surface area contributed by atoms with E-state index in [1.807, 2.05) is 13.8 Å². The minimum Gasteiger partial charge on any atom is -0.342 e. The van der Waals surface area contributed by atoms with Crippen molar-refractivity contribution in [2.75, 3.05) is 26.2 Å². The van der Waals surface area contributed by atoms with E-state index in [0.29, 0.717) is 17.7 Å². The van der Waals surface area contributed by atoms with Crippen LogP contribution in [-0.4, -0.2) is 37.0 Å². The lowest BCUT2D eigenvalue weighted by atomic mass is 9.85. The summed E-state index contributed by atoms with van der Waals surface area (Å²) in [5.41, 5.74) is 0. The molecule has 2 rings (SSSR count). The van der Waals surface area contributed by atoms with Crippen LogP contribution in [0.15, 0.2) is 0 Å². The predicted molar refractivity (Wildman–Crippen MR) is 55.9 cm³/mol. The van der Waals surface area contributed by atoms with E-state index in [-0.39, 0.29) is 5.92 Å². The van der Waals surface area contributed by atoms with Crippen molar-refractivity contribution in [2.24, 2.45) is 17.8 Å². The molecule has 2 unspecified atom stereocenters. The Balaban J connectivity index is 1.98. The molecule has 0 spiro atoms. The quantitative estimate of drug-likeness (QED) is 0.670. The Hall–Kier alpha value is -0.570. The second-order valence-electron chi connectivity index (χ2n) is 5.02. The summed E-state index contributed by atoms with van der Waals surface area (Å²) in [6.07, 6.45) is 1.31. The first kappa shape index (κ1) is 9.97. The third kappa shape index (κ3) is 1.92. The van der Waals surface area contributed by atoms with Crippen LogP contribution in [-0.2, 0) is 4.79 Å². The lowest BCUT2D eigenvalue weighted by Gasteiger charge is -2.42. The van der Waals surface area contributed by atoms with Crippen molar-refractivity contribution < 1.29 is 4.79 Å². The van der Waals surface area contributed by atoms with Crippen molar-refractivity contribution >= 4 is 5.91 Å². The van der Waals surface area contributed by atoms with Gasteiger partial charge in [-0.05, 0) is 31.3 Å². The molecule has 2 bridgehead atoms. The van der Waals surface area contributed by atoms with Gasteiger partial charge < -0.3 is 10.2 Å². The molecule has 2 heterocycles. The summed E-state index contributed by atoms with van der Waals surface area (Å²) in [5.74, 6) is 1.89. The summed E-state index contributed by atoms with van der Waals surface area (Å²) in [5, 5.41) is 3.44. The molecule has 1 N–H and O–H groups in total. The summed E-state index contributed by atoms with van der Waals surface area (Å²) in [6.45, 7) is 8.12. The molecule has 2 fully saturated rings. The van der Waals surface area contributed by atoms with Crippen LogP contribution >= 0.6 is 0 Å². The van der Waals surface area contributed by atoms with Crippen molar-refractivity contribution in [1.29, 1.82) is 0 Å². The number of nitrogens with zero attached hydrogens (tertiary/aromatic N) is 1. The van der Waals surface area contributed by atoms with Crippen LogP contribution in [0.3, 0.4) is 0 Å². The summed E-state index contributed by atoms with van der Waals surface area (Å²) >= 11 is 0. The van der Waals surface area contributed by atoms with Gasteiger partial charge in [-0.1, -0.05) is 13.8 Å². The van der Waals surface area contributed by atoms with Crippen LogP contribution in [0.5, 0.6) is 0 Å². The van der Waals surface area contributed by atoms with Gasteiger partial charge in [0.25, 0.3) is 0 Å². The van der Waals surface area contributed by atoms with Crippen molar-refractivity contribution in [3.63, 3.8) is 0 Å². The third-order valence-corrected chi connectivity index (χ3v) is 3.30. The van der Waals surface area contributed by atoms with E-state index in [0.717, 1.165) is 26.2 Å². The van der Waals surface area contributed by atoms with E-state index in [1.54, 1.807) is 0 Å². The fraction of sp³-hybridized carbons (Fsp3) is 0.909. The van der Waals surface area contributed by atoms with Crippen molar-refractivity contribution in [3.8, 4) is 0 Å². The number of piperidine rings is 2. The molecular weight excluding hydrogens is 176 g/mol. The highest BCUT2D eigenvalue weighted by molar-refractivity contribution is 5.78. The smallest absolute Gasteiger partial charge is 0.225 e. The second-order valence-corrected chi connectivity index (χ2v) is 5.02. The monoisotopic (exact) mass is 196 g/mol. The third-order valence-electron chi connectivity index (χ3n) is 3.30. The number of carbonyl (C=O) groups is 1. The summed E-state index contributed by atoms with van der Waals surface area (Å²) in [4.78, 5) is 13.9. The van der Waals surface area contributed by atoms with Gasteiger partial charge in [-0.25, -0.2) is 0 Å². The molecule has 0 radical (unpaired) electrons. The molecule has 3 heteroatoms. The van der Waals surface area contributed by atoms with Gasteiger partial charge in [0.2, 0.25) is 5.91 Å². The SMILES string of the molecule is CC(C)C(=O)N1CC2CNCC(C2)C1. The van der Waals surface area contributed by atoms with Crippen molar-refractivity contribution in [3.05, 3.63) is 0 Å². The largest absolute Gasteiger partial charge is 0.342 e. The maximum Gasteiger partial charge on any atom is 0.225 e. The molecule has 2 aliphatic heterocycles. The number of nitrogens with one attached hydrogen (secondary N) is 1. The van der Waals surface area contributed by atoms with E-state index >= 15 is 0 Å². The maximum absolute atomic E-state index is 11.8. The summed E-state index contributed by atoms with van der Waals surface area (Å²) < 4.78 is 0. The van der Waals surface area contributed by atoms with E-state index < -0.39 is 0 Å². The normalized spacial score (nSPS) is 32.1. The molecule has 1 amide bonds. The fourth-order valence-electron chi connectivity index (χ4n) is 2.65. The van der Waals surface area contributed by atoms with Crippen LogP contribution < -0.4 is 5.32 Å². The van der Waals surface area contributed by atoms with Crippen LogP contribution in [0.2, 0.25) is 0 Å².